The second-order valence-electron chi connectivity index (χ2n) is 5.01. The highest BCUT2D eigenvalue weighted by Gasteiger charge is 2.31. The van der Waals surface area contributed by atoms with Gasteiger partial charge in [-0.05, 0) is 19.3 Å². The molecule has 8 heteroatoms. The summed E-state index contributed by atoms with van der Waals surface area (Å²) in [4.78, 5) is 14.4. The van der Waals surface area contributed by atoms with Crippen molar-refractivity contribution in [3.8, 4) is 0 Å². The number of nitrogens with zero attached hydrogens (tertiary/aromatic N) is 1. The van der Waals surface area contributed by atoms with E-state index in [9.17, 15) is 13.2 Å². The average Bonchev–Trinajstić information content (AvgIpc) is 2.85. The number of rotatable bonds is 4. The van der Waals surface area contributed by atoms with Gasteiger partial charge in [-0.15, -0.1) is 11.3 Å². The van der Waals surface area contributed by atoms with Crippen molar-refractivity contribution in [1.82, 2.24) is 5.32 Å². The average molecular weight is 331 g/mol. The lowest BCUT2D eigenvalue weighted by Gasteiger charge is -2.28. The number of hydrogen-bond acceptors (Lipinski definition) is 6. The SMILES string of the molecule is CCS(=O)(=O)c1c(N2CCCCC2)sc(C(=O)NC)c1N. The maximum Gasteiger partial charge on any atom is 0.263 e. The Morgan fingerprint density at radius 1 is 1.33 bits per heavy atom. The fraction of sp³-hybridized carbons (Fsp3) is 0.615. The molecule has 21 heavy (non-hydrogen) atoms. The summed E-state index contributed by atoms with van der Waals surface area (Å²) in [6.45, 7) is 3.20. The van der Waals surface area contributed by atoms with E-state index in [1.165, 1.54) is 18.4 Å². The van der Waals surface area contributed by atoms with Crippen molar-refractivity contribution in [2.24, 2.45) is 0 Å². The number of carbonyl (C=O) groups excluding carboxylic acids is 1. The molecule has 6 nitrogen and oxygen atoms in total. The van der Waals surface area contributed by atoms with Crippen molar-refractivity contribution in [2.45, 2.75) is 31.1 Å². The third kappa shape index (κ3) is 3.01. The predicted molar refractivity (Wildman–Crippen MR) is 85.9 cm³/mol. The van der Waals surface area contributed by atoms with Crippen molar-refractivity contribution in [1.29, 1.82) is 0 Å². The van der Waals surface area contributed by atoms with Gasteiger partial charge in [-0.1, -0.05) is 6.92 Å². The van der Waals surface area contributed by atoms with Gasteiger partial charge in [0.15, 0.2) is 9.84 Å². The Bertz CT molecular complexity index is 631. The molecule has 0 aliphatic carbocycles. The minimum Gasteiger partial charge on any atom is -0.396 e. The van der Waals surface area contributed by atoms with Crippen molar-refractivity contribution < 1.29 is 13.2 Å². The lowest BCUT2D eigenvalue weighted by Crippen LogP contribution is -2.30. The van der Waals surface area contributed by atoms with E-state index in [0.717, 1.165) is 32.4 Å². The van der Waals surface area contributed by atoms with Crippen LogP contribution in [0.2, 0.25) is 0 Å². The van der Waals surface area contributed by atoms with Crippen molar-refractivity contribution >= 4 is 37.8 Å². The number of anilines is 2. The van der Waals surface area contributed by atoms with Crippen LogP contribution in [0, 0.1) is 0 Å². The first-order valence-corrected chi connectivity index (χ1v) is 9.51. The fourth-order valence-electron chi connectivity index (χ4n) is 2.45. The van der Waals surface area contributed by atoms with Crippen LogP contribution in [0.5, 0.6) is 0 Å². The van der Waals surface area contributed by atoms with Gasteiger partial charge < -0.3 is 16.0 Å². The van der Waals surface area contributed by atoms with Gasteiger partial charge in [0.1, 0.15) is 14.8 Å². The summed E-state index contributed by atoms with van der Waals surface area (Å²) in [6, 6.07) is 0. The summed E-state index contributed by atoms with van der Waals surface area (Å²) in [6.07, 6.45) is 3.20. The molecule has 0 atom stereocenters. The fourth-order valence-corrected chi connectivity index (χ4v) is 5.25. The molecule has 118 valence electrons. The third-order valence-corrected chi connectivity index (χ3v) is 6.84. The summed E-state index contributed by atoms with van der Waals surface area (Å²) in [7, 11) is -1.96. The van der Waals surface area contributed by atoms with Gasteiger partial charge in [0.25, 0.3) is 5.91 Å². The molecule has 1 aromatic heterocycles. The summed E-state index contributed by atoms with van der Waals surface area (Å²) < 4.78 is 24.8. The van der Waals surface area contributed by atoms with Crippen LogP contribution in [-0.2, 0) is 9.84 Å². The molecule has 0 saturated carbocycles. The molecule has 0 aromatic carbocycles. The van der Waals surface area contributed by atoms with Gasteiger partial charge in [0.2, 0.25) is 0 Å². The maximum absolute atomic E-state index is 12.4. The lowest BCUT2D eigenvalue weighted by atomic mass is 10.1. The Hall–Kier alpha value is -1.28. The molecule has 1 amide bonds. The molecule has 2 rings (SSSR count). The first kappa shape index (κ1) is 16.1. The van der Waals surface area contributed by atoms with Gasteiger partial charge in [0, 0.05) is 20.1 Å². The number of thiophene rings is 1. The van der Waals surface area contributed by atoms with Gasteiger partial charge in [0.05, 0.1) is 11.4 Å². The third-order valence-electron chi connectivity index (χ3n) is 3.65. The largest absolute Gasteiger partial charge is 0.396 e. The minimum absolute atomic E-state index is 0.0258. The van der Waals surface area contributed by atoms with Crippen molar-refractivity contribution in [3.63, 3.8) is 0 Å². The van der Waals surface area contributed by atoms with Crippen LogP contribution < -0.4 is 16.0 Å². The van der Waals surface area contributed by atoms with Crippen molar-refractivity contribution in [2.75, 3.05) is 36.5 Å². The molecular weight excluding hydrogens is 310 g/mol. The van der Waals surface area contributed by atoms with E-state index in [4.69, 9.17) is 5.73 Å². The van der Waals surface area contributed by atoms with Crippen LogP contribution >= 0.6 is 11.3 Å². The molecule has 1 saturated heterocycles. The Morgan fingerprint density at radius 3 is 2.48 bits per heavy atom. The van der Waals surface area contributed by atoms with Crippen LogP contribution in [-0.4, -0.2) is 40.2 Å². The molecule has 0 unspecified atom stereocenters. The molecule has 0 spiro atoms. The van der Waals surface area contributed by atoms with E-state index in [2.05, 4.69) is 5.32 Å². The normalized spacial score (nSPS) is 16.0. The number of amides is 1. The molecule has 1 aromatic rings. The molecule has 0 bridgehead atoms. The summed E-state index contributed by atoms with van der Waals surface area (Å²) in [5.41, 5.74) is 6.08. The second kappa shape index (κ2) is 6.23. The number of sulfone groups is 1. The Kier molecular flexibility index (Phi) is 4.77. The standard InChI is InChI=1S/C13H21N3O3S2/c1-3-21(18,19)11-9(14)10(12(17)15-2)20-13(11)16-7-5-4-6-8-16/h3-8,14H2,1-2H3,(H,15,17). The van der Waals surface area contributed by atoms with E-state index in [1.807, 2.05) is 4.90 Å². The van der Waals surface area contributed by atoms with E-state index in [0.29, 0.717) is 5.00 Å². The smallest absolute Gasteiger partial charge is 0.263 e. The zero-order valence-electron chi connectivity index (χ0n) is 12.3. The first-order chi connectivity index (χ1) is 9.92. The van der Waals surface area contributed by atoms with Gasteiger partial charge in [-0.25, -0.2) is 8.42 Å². The Balaban J connectivity index is 2.59. The zero-order chi connectivity index (χ0) is 15.6. The first-order valence-electron chi connectivity index (χ1n) is 7.04. The molecule has 1 aliphatic heterocycles. The lowest BCUT2D eigenvalue weighted by molar-refractivity contribution is 0.0968. The summed E-state index contributed by atoms with van der Waals surface area (Å²) >= 11 is 1.18. The maximum atomic E-state index is 12.4. The van der Waals surface area contributed by atoms with Gasteiger partial charge in [-0.3, -0.25) is 4.79 Å². The molecular formula is C13H21N3O3S2. The molecule has 0 radical (unpaired) electrons. The quantitative estimate of drug-likeness (QED) is 0.871. The van der Waals surface area contributed by atoms with E-state index >= 15 is 0 Å². The van der Waals surface area contributed by atoms with Crippen LogP contribution in [0.25, 0.3) is 0 Å². The molecule has 3 N–H and O–H groups in total. The number of nitrogens with two attached hydrogens (primary N) is 1. The second-order valence-corrected chi connectivity index (χ2v) is 8.22. The van der Waals surface area contributed by atoms with E-state index in [-0.39, 0.29) is 27.1 Å². The highest BCUT2D eigenvalue weighted by Crippen LogP contribution is 2.42. The number of nitrogen functional groups attached to an aromatic ring is 1. The Labute approximate surface area is 129 Å². The van der Waals surface area contributed by atoms with E-state index in [1.54, 1.807) is 6.92 Å². The summed E-state index contributed by atoms with van der Waals surface area (Å²) in [5.74, 6) is -0.365. The number of carbonyl (C=O) groups is 1. The predicted octanol–water partition coefficient (Wildman–Crippen LogP) is 1.47. The van der Waals surface area contributed by atoms with E-state index < -0.39 is 9.84 Å². The molecule has 1 fully saturated rings. The Morgan fingerprint density at radius 2 is 1.95 bits per heavy atom. The topological polar surface area (TPSA) is 92.5 Å². The zero-order valence-corrected chi connectivity index (χ0v) is 13.9. The van der Waals surface area contributed by atoms with Gasteiger partial charge in [-0.2, -0.15) is 0 Å². The minimum atomic E-state index is -3.47. The number of nitrogens with one attached hydrogen (secondary N) is 1. The van der Waals surface area contributed by atoms with Crippen molar-refractivity contribution in [3.05, 3.63) is 4.88 Å². The van der Waals surface area contributed by atoms with Gasteiger partial charge >= 0.3 is 0 Å². The monoisotopic (exact) mass is 331 g/mol. The molecule has 2 heterocycles. The number of hydrogen-bond donors (Lipinski definition) is 2. The van der Waals surface area contributed by atoms with Crippen LogP contribution in [0.3, 0.4) is 0 Å². The number of piperidine rings is 1. The molecule has 1 aliphatic rings. The van der Waals surface area contributed by atoms with Crippen LogP contribution in [0.15, 0.2) is 4.90 Å². The van der Waals surface area contributed by atoms with Crippen LogP contribution in [0.1, 0.15) is 35.9 Å². The highest BCUT2D eigenvalue weighted by atomic mass is 32.2. The summed E-state index contributed by atoms with van der Waals surface area (Å²) in [5, 5.41) is 3.13. The highest BCUT2D eigenvalue weighted by molar-refractivity contribution is 7.92. The van der Waals surface area contributed by atoms with Crippen LogP contribution in [0.4, 0.5) is 10.7 Å².